The molecule has 0 bridgehead atoms. The third-order valence-corrected chi connectivity index (χ3v) is 4.27. The van der Waals surface area contributed by atoms with Crippen molar-refractivity contribution in [3.63, 3.8) is 0 Å². The summed E-state index contributed by atoms with van der Waals surface area (Å²) in [6, 6.07) is 10.7. The molecule has 2 rings (SSSR count). The van der Waals surface area contributed by atoms with Gasteiger partial charge in [0.05, 0.1) is 19.9 Å². The zero-order valence-electron chi connectivity index (χ0n) is 16.3. The van der Waals surface area contributed by atoms with Crippen molar-refractivity contribution in [1.82, 2.24) is 5.43 Å². The van der Waals surface area contributed by atoms with Crippen LogP contribution in [0.25, 0.3) is 0 Å². The first-order chi connectivity index (χ1) is 13.5. The Labute approximate surface area is 170 Å². The van der Waals surface area contributed by atoms with E-state index in [9.17, 15) is 4.79 Å². The van der Waals surface area contributed by atoms with Crippen LogP contribution in [0.4, 0.5) is 0 Å². The first-order valence-electron chi connectivity index (χ1n) is 9.05. The van der Waals surface area contributed by atoms with Crippen molar-refractivity contribution in [2.45, 2.75) is 26.7 Å². The largest absolute Gasteiger partial charge is 0.493 e. The smallest absolute Gasteiger partial charge is 0.277 e. The number of carbonyl (C=O) groups is 1. The molecule has 0 fully saturated rings. The maximum Gasteiger partial charge on any atom is 0.277 e. The van der Waals surface area contributed by atoms with Gasteiger partial charge in [-0.1, -0.05) is 24.9 Å². The lowest BCUT2D eigenvalue weighted by Crippen LogP contribution is -2.24. The molecule has 6 nitrogen and oxygen atoms in total. The Bertz CT molecular complexity index is 824. The van der Waals surface area contributed by atoms with Gasteiger partial charge in [0.2, 0.25) is 0 Å². The van der Waals surface area contributed by atoms with Gasteiger partial charge in [0.25, 0.3) is 5.91 Å². The van der Waals surface area contributed by atoms with Crippen LogP contribution in [-0.2, 0) is 4.79 Å². The highest BCUT2D eigenvalue weighted by Gasteiger charge is 2.06. The fourth-order valence-electron chi connectivity index (χ4n) is 2.28. The summed E-state index contributed by atoms with van der Waals surface area (Å²) in [5, 5.41) is 4.60. The molecule has 0 spiro atoms. The fraction of sp³-hybridized carbons (Fsp3) is 0.333. The summed E-state index contributed by atoms with van der Waals surface area (Å²) in [5.41, 5.74) is 4.08. The van der Waals surface area contributed by atoms with Gasteiger partial charge in [0, 0.05) is 5.02 Å². The molecule has 28 heavy (non-hydrogen) atoms. The number of hydrazone groups is 1. The Morgan fingerprint density at radius 1 is 1.18 bits per heavy atom. The van der Waals surface area contributed by atoms with E-state index in [2.05, 4.69) is 17.5 Å². The molecule has 0 aliphatic carbocycles. The van der Waals surface area contributed by atoms with Gasteiger partial charge in [0.1, 0.15) is 5.75 Å². The van der Waals surface area contributed by atoms with E-state index in [0.717, 1.165) is 24.0 Å². The van der Waals surface area contributed by atoms with Crippen LogP contribution in [0.1, 0.15) is 30.9 Å². The minimum absolute atomic E-state index is 0.147. The Kier molecular flexibility index (Phi) is 8.62. The van der Waals surface area contributed by atoms with E-state index in [-0.39, 0.29) is 12.5 Å². The average Bonchev–Trinajstić information content (AvgIpc) is 2.69. The molecule has 1 amide bonds. The minimum Gasteiger partial charge on any atom is -0.493 e. The van der Waals surface area contributed by atoms with Gasteiger partial charge in [-0.2, -0.15) is 5.10 Å². The molecule has 0 saturated heterocycles. The van der Waals surface area contributed by atoms with Crippen molar-refractivity contribution in [1.29, 1.82) is 0 Å². The van der Waals surface area contributed by atoms with Gasteiger partial charge in [-0.05, 0) is 60.9 Å². The van der Waals surface area contributed by atoms with Crippen molar-refractivity contribution in [3.8, 4) is 17.2 Å². The minimum atomic E-state index is -0.365. The number of unbranched alkanes of at least 4 members (excludes halogenated alkanes) is 1. The van der Waals surface area contributed by atoms with Gasteiger partial charge < -0.3 is 14.2 Å². The van der Waals surface area contributed by atoms with Crippen molar-refractivity contribution >= 4 is 23.7 Å². The second-order valence-electron chi connectivity index (χ2n) is 6.11. The van der Waals surface area contributed by atoms with E-state index in [1.165, 1.54) is 6.21 Å². The molecule has 0 aliphatic heterocycles. The number of hydrogen-bond acceptors (Lipinski definition) is 5. The fourth-order valence-corrected chi connectivity index (χ4v) is 2.39. The number of ether oxygens (including phenoxy) is 3. The maximum atomic E-state index is 11.9. The van der Waals surface area contributed by atoms with Gasteiger partial charge in [-0.15, -0.1) is 0 Å². The van der Waals surface area contributed by atoms with E-state index in [1.54, 1.807) is 31.4 Å². The predicted molar refractivity (Wildman–Crippen MR) is 111 cm³/mol. The van der Waals surface area contributed by atoms with Gasteiger partial charge in [-0.25, -0.2) is 5.43 Å². The number of nitrogens with one attached hydrogen (secondary N) is 1. The summed E-state index contributed by atoms with van der Waals surface area (Å²) in [6.45, 7) is 4.47. The average molecular weight is 405 g/mol. The third-order valence-electron chi connectivity index (χ3n) is 3.85. The Morgan fingerprint density at radius 2 is 2.00 bits per heavy atom. The lowest BCUT2D eigenvalue weighted by Gasteiger charge is -2.10. The van der Waals surface area contributed by atoms with Crippen LogP contribution in [-0.4, -0.2) is 32.4 Å². The lowest BCUT2D eigenvalue weighted by atomic mass is 10.2. The number of carbonyl (C=O) groups excluding carboxylic acids is 1. The number of nitrogens with zero attached hydrogens (tertiary/aromatic N) is 1. The van der Waals surface area contributed by atoms with E-state index in [0.29, 0.717) is 28.9 Å². The second-order valence-corrected chi connectivity index (χ2v) is 6.51. The topological polar surface area (TPSA) is 69.2 Å². The van der Waals surface area contributed by atoms with E-state index in [4.69, 9.17) is 25.8 Å². The molecule has 0 saturated carbocycles. The molecule has 0 aromatic heterocycles. The van der Waals surface area contributed by atoms with Crippen LogP contribution in [0.15, 0.2) is 41.5 Å². The van der Waals surface area contributed by atoms with Crippen LogP contribution in [0.5, 0.6) is 17.2 Å². The zero-order chi connectivity index (χ0) is 20.4. The molecule has 0 unspecified atom stereocenters. The first-order valence-corrected chi connectivity index (χ1v) is 9.43. The highest BCUT2D eigenvalue weighted by Crippen LogP contribution is 2.27. The van der Waals surface area contributed by atoms with Crippen LogP contribution >= 0.6 is 11.6 Å². The highest BCUT2D eigenvalue weighted by atomic mass is 35.5. The number of halogens is 1. The van der Waals surface area contributed by atoms with Crippen molar-refractivity contribution in [2.75, 3.05) is 20.3 Å². The number of benzene rings is 2. The summed E-state index contributed by atoms with van der Waals surface area (Å²) in [5.74, 6) is 1.51. The standard InChI is InChI=1S/C21H25ClN2O4/c1-4-5-10-27-19-9-6-16(12-20(19)26-3)13-23-24-21(25)14-28-17-7-8-18(22)15(2)11-17/h6-9,11-13H,4-5,10,14H2,1-3H3,(H,24,25)/b23-13+. The van der Waals surface area contributed by atoms with E-state index < -0.39 is 0 Å². The lowest BCUT2D eigenvalue weighted by molar-refractivity contribution is -0.123. The highest BCUT2D eigenvalue weighted by molar-refractivity contribution is 6.31. The normalized spacial score (nSPS) is 10.7. The van der Waals surface area contributed by atoms with Crippen molar-refractivity contribution in [2.24, 2.45) is 5.10 Å². The van der Waals surface area contributed by atoms with Crippen LogP contribution < -0.4 is 19.6 Å². The molecular weight excluding hydrogens is 380 g/mol. The molecule has 2 aromatic rings. The molecule has 0 aliphatic rings. The van der Waals surface area contributed by atoms with Crippen LogP contribution in [0.3, 0.4) is 0 Å². The van der Waals surface area contributed by atoms with Gasteiger partial charge >= 0.3 is 0 Å². The molecule has 0 radical (unpaired) electrons. The number of aryl methyl sites for hydroxylation is 1. The van der Waals surface area contributed by atoms with Gasteiger partial charge in [-0.3, -0.25) is 4.79 Å². The molecule has 0 atom stereocenters. The van der Waals surface area contributed by atoms with E-state index in [1.807, 2.05) is 19.1 Å². The number of rotatable bonds is 10. The summed E-state index contributed by atoms with van der Waals surface area (Å²) in [7, 11) is 1.58. The number of methoxy groups -OCH3 is 1. The third kappa shape index (κ3) is 6.78. The molecule has 7 heteroatoms. The number of amides is 1. The quantitative estimate of drug-likeness (QED) is 0.363. The first kappa shape index (κ1) is 21.6. The summed E-state index contributed by atoms with van der Waals surface area (Å²) in [6.07, 6.45) is 3.58. The summed E-state index contributed by atoms with van der Waals surface area (Å²) < 4.78 is 16.5. The SMILES string of the molecule is CCCCOc1ccc(/C=N/NC(=O)COc2ccc(Cl)c(C)c2)cc1OC. The summed E-state index contributed by atoms with van der Waals surface area (Å²) in [4.78, 5) is 11.9. The maximum absolute atomic E-state index is 11.9. The van der Waals surface area contributed by atoms with Crippen LogP contribution in [0, 0.1) is 6.92 Å². The molecule has 0 heterocycles. The predicted octanol–water partition coefficient (Wildman–Crippen LogP) is 4.37. The van der Waals surface area contributed by atoms with Crippen molar-refractivity contribution in [3.05, 3.63) is 52.5 Å². The Balaban J connectivity index is 1.85. The Morgan fingerprint density at radius 3 is 2.71 bits per heavy atom. The van der Waals surface area contributed by atoms with Crippen molar-refractivity contribution < 1.29 is 19.0 Å². The van der Waals surface area contributed by atoms with Crippen LogP contribution in [0.2, 0.25) is 5.02 Å². The molecular formula is C21H25ClN2O4. The number of hydrogen-bond donors (Lipinski definition) is 1. The Hall–Kier alpha value is -2.73. The monoisotopic (exact) mass is 404 g/mol. The van der Waals surface area contributed by atoms with Gasteiger partial charge in [0.15, 0.2) is 18.1 Å². The molecule has 150 valence electrons. The zero-order valence-corrected chi connectivity index (χ0v) is 17.1. The van der Waals surface area contributed by atoms with E-state index >= 15 is 0 Å². The molecule has 1 N–H and O–H groups in total. The second kappa shape index (κ2) is 11.2. The molecule has 2 aromatic carbocycles. The summed E-state index contributed by atoms with van der Waals surface area (Å²) >= 11 is 5.96.